The zero-order valence-corrected chi connectivity index (χ0v) is 17.3. The van der Waals surface area contributed by atoms with Crippen LogP contribution in [0.25, 0.3) is 10.4 Å². The number of hydrogen-bond donors (Lipinski definition) is 2. The van der Waals surface area contributed by atoms with Crippen molar-refractivity contribution in [3.05, 3.63) is 34.7 Å². The molecule has 1 aromatic carbocycles. The van der Waals surface area contributed by atoms with Crippen molar-refractivity contribution in [2.45, 2.75) is 25.9 Å². The van der Waals surface area contributed by atoms with Gasteiger partial charge in [0.15, 0.2) is 11.5 Å². The van der Waals surface area contributed by atoms with Gasteiger partial charge >= 0.3 is 5.97 Å². The fourth-order valence-electron chi connectivity index (χ4n) is 3.00. The van der Waals surface area contributed by atoms with Crippen LogP contribution < -0.4 is 10.5 Å². The summed E-state index contributed by atoms with van der Waals surface area (Å²) in [5, 5.41) is 10.4. The predicted octanol–water partition coefficient (Wildman–Crippen LogP) is 2.46. The number of aryl methyl sites for hydroxylation is 1. The van der Waals surface area contributed by atoms with Crippen LogP contribution in [0, 0.1) is 6.92 Å². The number of amides is 1. The van der Waals surface area contributed by atoms with Crippen LogP contribution in [-0.4, -0.2) is 48.2 Å². The standard InChI is InChI=1S/C19H22N2O5S.ClH/c1-11-3-4-16(27-11)12-7-13-10-21(5-6-26-18(13)15(22)8-12)19(24)14(20)9-17(23)25-2;/h3-4,7-8,14,22H,5-6,9-10,20H2,1-2H3;1H/t14-;/m0./s1. The number of methoxy groups -OCH3 is 1. The van der Waals surface area contributed by atoms with Gasteiger partial charge in [-0.3, -0.25) is 9.59 Å². The lowest BCUT2D eigenvalue weighted by Crippen LogP contribution is -2.45. The minimum Gasteiger partial charge on any atom is -0.504 e. The molecule has 1 aliphatic heterocycles. The van der Waals surface area contributed by atoms with Crippen LogP contribution in [0.5, 0.6) is 11.5 Å². The van der Waals surface area contributed by atoms with Crippen molar-refractivity contribution in [3.63, 3.8) is 0 Å². The number of carbonyl (C=O) groups is 2. The number of esters is 1. The molecular weight excluding hydrogens is 404 g/mol. The number of phenolic OH excluding ortho intramolecular Hbond substituents is 1. The molecule has 1 atom stereocenters. The van der Waals surface area contributed by atoms with Gasteiger partial charge in [-0.2, -0.15) is 0 Å². The Hall–Kier alpha value is -2.29. The SMILES string of the molecule is COC(=O)C[C@H](N)C(=O)N1CCOc2c(O)cc(-c3ccc(C)s3)cc2C1.Cl. The lowest BCUT2D eigenvalue weighted by Gasteiger charge is -2.23. The molecule has 0 unspecified atom stereocenters. The van der Waals surface area contributed by atoms with Gasteiger partial charge in [0.05, 0.1) is 26.1 Å². The maximum absolute atomic E-state index is 12.6. The van der Waals surface area contributed by atoms with Crippen LogP contribution in [-0.2, 0) is 20.9 Å². The maximum atomic E-state index is 12.6. The molecule has 0 saturated carbocycles. The van der Waals surface area contributed by atoms with Gasteiger partial charge in [0.25, 0.3) is 0 Å². The number of ether oxygens (including phenoxy) is 2. The molecule has 0 bridgehead atoms. The first-order valence-corrected chi connectivity index (χ1v) is 9.37. The quantitative estimate of drug-likeness (QED) is 0.728. The number of benzene rings is 1. The average Bonchev–Trinajstić information content (AvgIpc) is 2.95. The molecule has 0 spiro atoms. The first kappa shape index (κ1) is 22.0. The van der Waals surface area contributed by atoms with E-state index in [0.29, 0.717) is 17.9 Å². The van der Waals surface area contributed by atoms with Crippen LogP contribution in [0.2, 0.25) is 0 Å². The Kier molecular flexibility index (Phi) is 7.29. The highest BCUT2D eigenvalue weighted by molar-refractivity contribution is 7.15. The van der Waals surface area contributed by atoms with E-state index in [1.165, 1.54) is 12.0 Å². The molecule has 1 aliphatic rings. The molecule has 1 aromatic heterocycles. The molecule has 1 amide bonds. The maximum Gasteiger partial charge on any atom is 0.307 e. The normalized spacial score (nSPS) is 14.2. The van der Waals surface area contributed by atoms with E-state index in [-0.39, 0.29) is 43.6 Å². The summed E-state index contributed by atoms with van der Waals surface area (Å²) in [4.78, 5) is 27.8. The van der Waals surface area contributed by atoms with E-state index in [1.807, 2.05) is 25.1 Å². The molecule has 3 rings (SSSR count). The topological polar surface area (TPSA) is 102 Å². The van der Waals surface area contributed by atoms with Gasteiger partial charge in [0.2, 0.25) is 5.91 Å². The van der Waals surface area contributed by atoms with Gasteiger partial charge in [0.1, 0.15) is 6.61 Å². The van der Waals surface area contributed by atoms with E-state index < -0.39 is 12.0 Å². The Balaban J connectivity index is 0.00000280. The second kappa shape index (κ2) is 9.27. The second-order valence-corrected chi connectivity index (χ2v) is 7.68. The molecule has 7 nitrogen and oxygen atoms in total. The zero-order valence-electron chi connectivity index (χ0n) is 15.6. The number of rotatable bonds is 4. The monoisotopic (exact) mass is 426 g/mol. The Bertz CT molecular complexity index is 870. The Labute approximate surface area is 173 Å². The third-order valence-electron chi connectivity index (χ3n) is 4.38. The smallest absolute Gasteiger partial charge is 0.307 e. The number of nitrogens with zero attached hydrogens (tertiary/aromatic N) is 1. The van der Waals surface area contributed by atoms with Crippen molar-refractivity contribution in [3.8, 4) is 21.9 Å². The molecule has 0 fully saturated rings. The van der Waals surface area contributed by atoms with Crippen LogP contribution in [0.4, 0.5) is 0 Å². The third-order valence-corrected chi connectivity index (χ3v) is 5.43. The van der Waals surface area contributed by atoms with E-state index in [9.17, 15) is 14.7 Å². The highest BCUT2D eigenvalue weighted by Crippen LogP contribution is 2.39. The summed E-state index contributed by atoms with van der Waals surface area (Å²) in [7, 11) is 1.26. The molecule has 28 heavy (non-hydrogen) atoms. The van der Waals surface area contributed by atoms with E-state index in [4.69, 9.17) is 10.5 Å². The van der Waals surface area contributed by atoms with Gasteiger partial charge in [0, 0.05) is 21.9 Å². The van der Waals surface area contributed by atoms with Crippen molar-refractivity contribution in [2.24, 2.45) is 5.73 Å². The van der Waals surface area contributed by atoms with E-state index >= 15 is 0 Å². The molecule has 2 aromatic rings. The lowest BCUT2D eigenvalue weighted by atomic mass is 10.1. The number of carbonyl (C=O) groups excluding carboxylic acids is 2. The summed E-state index contributed by atoms with van der Waals surface area (Å²) in [6.07, 6.45) is -0.181. The van der Waals surface area contributed by atoms with E-state index in [0.717, 1.165) is 10.4 Å². The number of hydrogen-bond acceptors (Lipinski definition) is 7. The molecule has 0 radical (unpaired) electrons. The first-order chi connectivity index (χ1) is 12.9. The number of nitrogens with two attached hydrogens (primary N) is 1. The number of aromatic hydroxyl groups is 1. The largest absolute Gasteiger partial charge is 0.504 e. The molecule has 9 heteroatoms. The fraction of sp³-hybridized carbons (Fsp3) is 0.368. The highest BCUT2D eigenvalue weighted by Gasteiger charge is 2.27. The number of fused-ring (bicyclic) bond motifs is 1. The number of thiophene rings is 1. The minimum absolute atomic E-state index is 0. The van der Waals surface area contributed by atoms with Crippen molar-refractivity contribution in [1.29, 1.82) is 0 Å². The number of phenols is 1. The molecular formula is C19H23ClN2O5S. The summed E-state index contributed by atoms with van der Waals surface area (Å²) in [6.45, 7) is 2.81. The minimum atomic E-state index is -0.976. The van der Waals surface area contributed by atoms with Gasteiger partial charge in [-0.15, -0.1) is 23.7 Å². The molecule has 152 valence electrons. The van der Waals surface area contributed by atoms with Gasteiger partial charge in [-0.1, -0.05) is 0 Å². The lowest BCUT2D eigenvalue weighted by molar-refractivity contribution is -0.144. The second-order valence-electron chi connectivity index (χ2n) is 6.39. The molecule has 0 saturated heterocycles. The average molecular weight is 427 g/mol. The van der Waals surface area contributed by atoms with Crippen molar-refractivity contribution >= 4 is 35.6 Å². The summed E-state index contributed by atoms with van der Waals surface area (Å²) >= 11 is 1.62. The summed E-state index contributed by atoms with van der Waals surface area (Å²) in [5.41, 5.74) is 7.43. The van der Waals surface area contributed by atoms with Crippen molar-refractivity contribution in [2.75, 3.05) is 20.3 Å². The predicted molar refractivity (Wildman–Crippen MR) is 109 cm³/mol. The van der Waals surface area contributed by atoms with Gasteiger partial charge in [-0.05, 0) is 36.8 Å². The number of halogens is 1. The van der Waals surface area contributed by atoms with E-state index in [1.54, 1.807) is 22.3 Å². The zero-order chi connectivity index (χ0) is 19.6. The Morgan fingerprint density at radius 3 is 2.79 bits per heavy atom. The first-order valence-electron chi connectivity index (χ1n) is 8.55. The van der Waals surface area contributed by atoms with Gasteiger partial charge in [-0.25, -0.2) is 0 Å². The van der Waals surface area contributed by atoms with Crippen molar-refractivity contribution < 1.29 is 24.2 Å². The highest BCUT2D eigenvalue weighted by atomic mass is 35.5. The van der Waals surface area contributed by atoms with Crippen LogP contribution >= 0.6 is 23.7 Å². The van der Waals surface area contributed by atoms with Crippen LogP contribution in [0.3, 0.4) is 0 Å². The Morgan fingerprint density at radius 1 is 1.39 bits per heavy atom. The van der Waals surface area contributed by atoms with Crippen LogP contribution in [0.15, 0.2) is 24.3 Å². The van der Waals surface area contributed by atoms with Crippen LogP contribution in [0.1, 0.15) is 16.9 Å². The summed E-state index contributed by atoms with van der Waals surface area (Å²) < 4.78 is 10.2. The molecule has 3 N–H and O–H groups in total. The van der Waals surface area contributed by atoms with Gasteiger partial charge < -0.3 is 25.2 Å². The Morgan fingerprint density at radius 2 is 2.14 bits per heavy atom. The third kappa shape index (κ3) is 4.76. The van der Waals surface area contributed by atoms with E-state index in [2.05, 4.69) is 4.74 Å². The van der Waals surface area contributed by atoms with Crippen molar-refractivity contribution in [1.82, 2.24) is 4.90 Å². The molecule has 2 heterocycles. The fourth-order valence-corrected chi connectivity index (χ4v) is 3.86. The summed E-state index contributed by atoms with van der Waals surface area (Å²) in [5.74, 6) is -0.463. The summed E-state index contributed by atoms with van der Waals surface area (Å²) in [6, 6.07) is 6.62. The molecule has 0 aliphatic carbocycles.